The molecule has 0 bridgehead atoms. The largest absolute Gasteiger partial charge is 0.419 e. The number of cyclic esters (lactones) is 2. The summed E-state index contributed by atoms with van der Waals surface area (Å²) in [5.74, 6) is -2.57. The van der Waals surface area contributed by atoms with Gasteiger partial charge in [0.2, 0.25) is 0 Å². The molecule has 96 valence electrons. The number of ether oxygens (including phenoxy) is 2. The van der Waals surface area contributed by atoms with Gasteiger partial charge in [0.15, 0.2) is 5.57 Å². The van der Waals surface area contributed by atoms with Crippen LogP contribution in [-0.4, -0.2) is 17.7 Å². The molecule has 0 radical (unpaired) electrons. The van der Waals surface area contributed by atoms with Gasteiger partial charge in [-0.1, -0.05) is 0 Å². The minimum Gasteiger partial charge on any atom is -0.419 e. The topological polar surface area (TPSA) is 64.6 Å². The van der Waals surface area contributed by atoms with E-state index in [4.69, 9.17) is 9.47 Å². The van der Waals surface area contributed by atoms with E-state index in [2.05, 4.69) is 5.32 Å². The van der Waals surface area contributed by atoms with Gasteiger partial charge in [-0.05, 0) is 23.9 Å². The Morgan fingerprint density at radius 2 is 1.89 bits per heavy atom. The first-order valence-corrected chi connectivity index (χ1v) is 6.24. The second kappa shape index (κ2) is 4.45. The monoisotopic (exact) mass is 267 g/mol. The van der Waals surface area contributed by atoms with Crippen LogP contribution in [0.1, 0.15) is 19.4 Å². The van der Waals surface area contributed by atoms with E-state index in [0.717, 1.165) is 10.6 Å². The molecule has 5 nitrogen and oxygen atoms in total. The number of carbonyl (C=O) groups is 2. The van der Waals surface area contributed by atoms with Crippen LogP contribution in [0.4, 0.5) is 5.00 Å². The van der Waals surface area contributed by atoms with Crippen LogP contribution in [0.25, 0.3) is 0 Å². The van der Waals surface area contributed by atoms with Crippen LogP contribution in [-0.2, 0) is 19.1 Å². The van der Waals surface area contributed by atoms with Gasteiger partial charge in [0, 0.05) is 20.0 Å². The Hall–Kier alpha value is -1.82. The van der Waals surface area contributed by atoms with Gasteiger partial charge in [-0.15, -0.1) is 11.3 Å². The average molecular weight is 267 g/mol. The van der Waals surface area contributed by atoms with E-state index in [1.54, 1.807) is 0 Å². The fourth-order valence-electron chi connectivity index (χ4n) is 1.43. The first-order valence-electron chi connectivity index (χ1n) is 5.36. The van der Waals surface area contributed by atoms with E-state index >= 15 is 0 Å². The molecule has 1 aromatic heterocycles. The summed E-state index contributed by atoms with van der Waals surface area (Å²) in [7, 11) is 0. The molecule has 0 spiro atoms. The molecule has 2 rings (SSSR count). The molecule has 0 unspecified atom stereocenters. The lowest BCUT2D eigenvalue weighted by Gasteiger charge is -2.29. The fraction of sp³-hybridized carbons (Fsp3) is 0.333. The predicted octanol–water partition coefficient (Wildman–Crippen LogP) is 2.19. The number of thiophene rings is 1. The number of rotatable bonds is 2. The molecular formula is C12H13NO4S. The van der Waals surface area contributed by atoms with E-state index in [9.17, 15) is 9.59 Å². The lowest BCUT2D eigenvalue weighted by molar-refractivity contribution is -0.222. The number of hydrogen-bond acceptors (Lipinski definition) is 6. The second-order valence-corrected chi connectivity index (χ2v) is 5.28. The highest BCUT2D eigenvalue weighted by Crippen LogP contribution is 2.24. The van der Waals surface area contributed by atoms with Crippen LogP contribution in [0, 0.1) is 6.92 Å². The van der Waals surface area contributed by atoms with Crippen LogP contribution >= 0.6 is 11.3 Å². The zero-order chi connectivity index (χ0) is 13.3. The quantitative estimate of drug-likeness (QED) is 0.505. The zero-order valence-electron chi connectivity index (χ0n) is 10.3. The highest BCUT2D eigenvalue weighted by Gasteiger charge is 2.38. The molecule has 0 amide bonds. The van der Waals surface area contributed by atoms with E-state index < -0.39 is 17.7 Å². The van der Waals surface area contributed by atoms with Crippen molar-refractivity contribution in [3.8, 4) is 0 Å². The third-order valence-corrected chi connectivity index (χ3v) is 3.19. The summed E-state index contributed by atoms with van der Waals surface area (Å²) in [6.45, 7) is 4.98. The Morgan fingerprint density at radius 3 is 2.39 bits per heavy atom. The predicted molar refractivity (Wildman–Crippen MR) is 67.0 cm³/mol. The van der Waals surface area contributed by atoms with Gasteiger partial charge in [0.05, 0.1) is 5.00 Å². The molecule has 1 aliphatic rings. The molecule has 1 fully saturated rings. The summed E-state index contributed by atoms with van der Waals surface area (Å²) < 4.78 is 9.93. The summed E-state index contributed by atoms with van der Waals surface area (Å²) >= 11 is 1.48. The number of aryl methyl sites for hydroxylation is 1. The van der Waals surface area contributed by atoms with Gasteiger partial charge in [-0.2, -0.15) is 0 Å². The van der Waals surface area contributed by atoms with Crippen molar-refractivity contribution in [2.24, 2.45) is 0 Å². The molecule has 0 aromatic carbocycles. The van der Waals surface area contributed by atoms with Crippen molar-refractivity contribution in [1.82, 2.24) is 0 Å². The fourth-order valence-corrected chi connectivity index (χ4v) is 2.19. The van der Waals surface area contributed by atoms with Crippen molar-refractivity contribution in [3.63, 3.8) is 0 Å². The van der Waals surface area contributed by atoms with Gasteiger partial charge in [0.1, 0.15) is 0 Å². The third-order valence-electron chi connectivity index (χ3n) is 2.21. The van der Waals surface area contributed by atoms with E-state index in [0.29, 0.717) is 0 Å². The molecule has 18 heavy (non-hydrogen) atoms. The Bertz CT molecular complexity index is 508. The minimum atomic E-state index is -1.20. The maximum atomic E-state index is 11.6. The van der Waals surface area contributed by atoms with Crippen LogP contribution in [0.5, 0.6) is 0 Å². The molecule has 6 heteroatoms. The summed E-state index contributed by atoms with van der Waals surface area (Å²) in [5, 5.41) is 5.68. The first kappa shape index (κ1) is 12.6. The van der Waals surface area contributed by atoms with Crippen LogP contribution < -0.4 is 5.32 Å². The number of hydrogen-bond donors (Lipinski definition) is 1. The third kappa shape index (κ3) is 2.70. The Labute approximate surface area is 108 Å². The highest BCUT2D eigenvalue weighted by atomic mass is 32.1. The smallest absolute Gasteiger partial charge is 0.350 e. The number of carbonyl (C=O) groups excluding carboxylic acids is 2. The zero-order valence-corrected chi connectivity index (χ0v) is 11.1. The lowest BCUT2D eigenvalue weighted by atomic mass is 10.2. The SMILES string of the molecule is Cc1csc(NC=C2C(=O)OC(C)(C)OC2=O)c1. The highest BCUT2D eigenvalue weighted by molar-refractivity contribution is 7.14. The molecule has 1 saturated heterocycles. The second-order valence-electron chi connectivity index (χ2n) is 4.37. The standard InChI is InChI=1S/C12H13NO4S/c1-7-4-9(18-6-7)13-5-8-10(14)16-12(2,3)17-11(8)15/h4-6,13H,1-3H3. The van der Waals surface area contributed by atoms with Gasteiger partial charge in [0.25, 0.3) is 5.79 Å². The number of esters is 2. The molecular weight excluding hydrogens is 254 g/mol. The Morgan fingerprint density at radius 1 is 1.28 bits per heavy atom. The van der Waals surface area contributed by atoms with Crippen molar-refractivity contribution in [3.05, 3.63) is 28.8 Å². The van der Waals surface area contributed by atoms with Gasteiger partial charge < -0.3 is 14.8 Å². The first-order chi connectivity index (χ1) is 8.37. The molecule has 0 saturated carbocycles. The van der Waals surface area contributed by atoms with Gasteiger partial charge in [-0.25, -0.2) is 9.59 Å². The van der Waals surface area contributed by atoms with E-state index in [1.807, 2.05) is 18.4 Å². The van der Waals surface area contributed by atoms with Crippen LogP contribution in [0.3, 0.4) is 0 Å². The van der Waals surface area contributed by atoms with Gasteiger partial charge >= 0.3 is 11.9 Å². The lowest BCUT2D eigenvalue weighted by Crippen LogP contribution is -2.42. The van der Waals surface area contributed by atoms with Crippen LogP contribution in [0.15, 0.2) is 23.2 Å². The van der Waals surface area contributed by atoms with Crippen molar-refractivity contribution >= 4 is 28.3 Å². The maximum Gasteiger partial charge on any atom is 0.350 e. The summed E-state index contributed by atoms with van der Waals surface area (Å²) in [6.07, 6.45) is 1.31. The summed E-state index contributed by atoms with van der Waals surface area (Å²) in [4.78, 5) is 23.2. The van der Waals surface area contributed by atoms with Crippen molar-refractivity contribution in [1.29, 1.82) is 0 Å². The number of nitrogens with one attached hydrogen (secondary N) is 1. The maximum absolute atomic E-state index is 11.6. The summed E-state index contributed by atoms with van der Waals surface area (Å²) in [6, 6.07) is 1.91. The number of anilines is 1. The molecule has 1 N–H and O–H groups in total. The Balaban J connectivity index is 2.13. The summed E-state index contributed by atoms with van der Waals surface area (Å²) in [5.41, 5.74) is 0.969. The minimum absolute atomic E-state index is 0.139. The van der Waals surface area contributed by atoms with Crippen molar-refractivity contribution < 1.29 is 19.1 Å². The van der Waals surface area contributed by atoms with E-state index in [-0.39, 0.29) is 5.57 Å². The van der Waals surface area contributed by atoms with E-state index in [1.165, 1.54) is 31.4 Å². The van der Waals surface area contributed by atoms with Crippen LogP contribution in [0.2, 0.25) is 0 Å². The molecule has 0 atom stereocenters. The molecule has 2 heterocycles. The Kier molecular flexibility index (Phi) is 3.13. The van der Waals surface area contributed by atoms with Crippen molar-refractivity contribution in [2.75, 3.05) is 5.32 Å². The van der Waals surface area contributed by atoms with Gasteiger partial charge in [-0.3, -0.25) is 0 Å². The normalized spacial score (nSPS) is 18.1. The molecule has 0 aliphatic carbocycles. The molecule has 1 aliphatic heterocycles. The van der Waals surface area contributed by atoms with Crippen molar-refractivity contribution in [2.45, 2.75) is 26.6 Å². The average Bonchev–Trinajstić information content (AvgIpc) is 2.61. The molecule has 1 aromatic rings.